The van der Waals surface area contributed by atoms with Crippen molar-refractivity contribution in [2.75, 3.05) is 26.7 Å². The molecule has 0 aliphatic carbocycles. The number of ether oxygens (including phenoxy) is 1. The lowest BCUT2D eigenvalue weighted by Gasteiger charge is -2.31. The minimum absolute atomic E-state index is 0.243. The molecule has 1 aliphatic rings. The quantitative estimate of drug-likeness (QED) is 0.690. The van der Waals surface area contributed by atoms with Crippen molar-refractivity contribution in [2.45, 2.75) is 51.3 Å². The Balaban J connectivity index is 2.45. The van der Waals surface area contributed by atoms with Crippen molar-refractivity contribution in [1.82, 2.24) is 10.2 Å². The first-order valence-electron chi connectivity index (χ1n) is 6.70. The summed E-state index contributed by atoms with van der Waals surface area (Å²) in [5.41, 5.74) is 4.89. The van der Waals surface area contributed by atoms with Crippen LogP contribution in [0, 0.1) is 0 Å². The SMILES string of the molecule is COC1CCN(CCC(C)(NC(C)C)C(N)=O)C1. The van der Waals surface area contributed by atoms with Gasteiger partial charge in [0.15, 0.2) is 0 Å². The number of hydrogen-bond acceptors (Lipinski definition) is 4. The van der Waals surface area contributed by atoms with Gasteiger partial charge in [0.1, 0.15) is 0 Å². The second-order valence-electron chi connectivity index (χ2n) is 5.69. The maximum absolute atomic E-state index is 11.6. The molecule has 0 spiro atoms. The maximum Gasteiger partial charge on any atom is 0.237 e. The van der Waals surface area contributed by atoms with E-state index in [0.29, 0.717) is 6.10 Å². The number of carbonyl (C=O) groups excluding carboxylic acids is 1. The normalized spacial score (nSPS) is 24.4. The van der Waals surface area contributed by atoms with Gasteiger partial charge in [-0.25, -0.2) is 0 Å². The molecule has 0 bridgehead atoms. The van der Waals surface area contributed by atoms with Crippen LogP contribution in [0.1, 0.15) is 33.6 Å². The lowest BCUT2D eigenvalue weighted by molar-refractivity contribution is -0.124. The summed E-state index contributed by atoms with van der Waals surface area (Å²) in [5, 5.41) is 3.27. The Hall–Kier alpha value is -0.650. The second-order valence-corrected chi connectivity index (χ2v) is 5.69. The summed E-state index contributed by atoms with van der Waals surface area (Å²) in [6.07, 6.45) is 2.14. The molecule has 2 atom stereocenters. The predicted octanol–water partition coefficient (Wildman–Crippen LogP) is 0.339. The molecule has 1 saturated heterocycles. The third kappa shape index (κ3) is 4.23. The first-order chi connectivity index (χ1) is 8.37. The van der Waals surface area contributed by atoms with Crippen molar-refractivity contribution in [3.63, 3.8) is 0 Å². The van der Waals surface area contributed by atoms with Crippen molar-refractivity contribution in [3.05, 3.63) is 0 Å². The molecule has 0 radical (unpaired) electrons. The molecule has 5 nitrogen and oxygen atoms in total. The van der Waals surface area contributed by atoms with Gasteiger partial charge >= 0.3 is 0 Å². The molecule has 18 heavy (non-hydrogen) atoms. The third-order valence-electron chi connectivity index (χ3n) is 3.64. The van der Waals surface area contributed by atoms with Gasteiger partial charge in [0.05, 0.1) is 11.6 Å². The predicted molar refractivity (Wildman–Crippen MR) is 72.3 cm³/mol. The summed E-state index contributed by atoms with van der Waals surface area (Å²) in [5.74, 6) is -0.279. The molecule has 1 fully saturated rings. The average molecular weight is 257 g/mol. The van der Waals surface area contributed by atoms with Crippen LogP contribution in [0.25, 0.3) is 0 Å². The zero-order chi connectivity index (χ0) is 13.8. The van der Waals surface area contributed by atoms with Crippen LogP contribution in [0.15, 0.2) is 0 Å². The summed E-state index contributed by atoms with van der Waals surface area (Å²) in [6.45, 7) is 8.80. The fourth-order valence-electron chi connectivity index (χ4n) is 2.48. The molecule has 1 aliphatic heterocycles. The number of nitrogens with two attached hydrogens (primary N) is 1. The zero-order valence-electron chi connectivity index (χ0n) is 12.0. The van der Waals surface area contributed by atoms with Crippen LogP contribution < -0.4 is 11.1 Å². The highest BCUT2D eigenvalue weighted by Crippen LogP contribution is 2.16. The molecular formula is C13H27N3O2. The highest BCUT2D eigenvalue weighted by molar-refractivity contribution is 5.84. The van der Waals surface area contributed by atoms with Gasteiger partial charge in [0.25, 0.3) is 0 Å². The van der Waals surface area contributed by atoms with E-state index in [1.54, 1.807) is 7.11 Å². The van der Waals surface area contributed by atoms with E-state index < -0.39 is 5.54 Å². The van der Waals surface area contributed by atoms with E-state index >= 15 is 0 Å². The summed E-state index contributed by atoms with van der Waals surface area (Å²) in [7, 11) is 1.75. The first-order valence-corrected chi connectivity index (χ1v) is 6.70. The molecule has 1 amide bonds. The minimum atomic E-state index is -0.626. The smallest absolute Gasteiger partial charge is 0.237 e. The first kappa shape index (κ1) is 15.4. The lowest BCUT2D eigenvalue weighted by atomic mass is 9.95. The third-order valence-corrected chi connectivity index (χ3v) is 3.64. The fraction of sp³-hybridized carbons (Fsp3) is 0.923. The van der Waals surface area contributed by atoms with Crippen LogP contribution in [-0.2, 0) is 9.53 Å². The van der Waals surface area contributed by atoms with Crippen LogP contribution in [0.2, 0.25) is 0 Å². The standard InChI is InChI=1S/C13H27N3O2/c1-10(2)15-13(3,12(14)17)6-8-16-7-5-11(9-16)18-4/h10-11,15H,5-9H2,1-4H3,(H2,14,17). The molecule has 0 aromatic rings. The van der Waals surface area contributed by atoms with Crippen molar-refractivity contribution in [3.8, 4) is 0 Å². The Morgan fingerprint density at radius 3 is 2.72 bits per heavy atom. The summed E-state index contributed by atoms with van der Waals surface area (Å²) >= 11 is 0. The number of nitrogens with zero attached hydrogens (tertiary/aromatic N) is 1. The van der Waals surface area contributed by atoms with Gasteiger partial charge in [-0.2, -0.15) is 0 Å². The Morgan fingerprint density at radius 2 is 2.28 bits per heavy atom. The number of likely N-dealkylation sites (tertiary alicyclic amines) is 1. The molecule has 1 heterocycles. The number of carbonyl (C=O) groups is 1. The number of hydrogen-bond donors (Lipinski definition) is 2. The Bertz CT molecular complexity index is 283. The molecule has 106 valence electrons. The van der Waals surface area contributed by atoms with Crippen molar-refractivity contribution in [1.29, 1.82) is 0 Å². The molecule has 3 N–H and O–H groups in total. The highest BCUT2D eigenvalue weighted by Gasteiger charge is 2.32. The summed E-state index contributed by atoms with van der Waals surface area (Å²) in [6, 6.07) is 0.243. The number of primary amides is 1. The molecular weight excluding hydrogens is 230 g/mol. The van der Waals surface area contributed by atoms with E-state index in [0.717, 1.165) is 32.5 Å². The van der Waals surface area contributed by atoms with Crippen LogP contribution >= 0.6 is 0 Å². The average Bonchev–Trinajstić information content (AvgIpc) is 2.73. The fourth-order valence-corrected chi connectivity index (χ4v) is 2.48. The highest BCUT2D eigenvalue weighted by atomic mass is 16.5. The molecule has 0 aromatic carbocycles. The van der Waals surface area contributed by atoms with E-state index in [-0.39, 0.29) is 11.9 Å². The molecule has 1 rings (SSSR count). The number of amides is 1. The Kier molecular flexibility index (Phi) is 5.56. The van der Waals surface area contributed by atoms with Gasteiger partial charge < -0.3 is 20.7 Å². The van der Waals surface area contributed by atoms with Gasteiger partial charge in [-0.15, -0.1) is 0 Å². The summed E-state index contributed by atoms with van der Waals surface area (Å²) in [4.78, 5) is 13.9. The van der Waals surface area contributed by atoms with Gasteiger partial charge in [0.2, 0.25) is 5.91 Å². The molecule has 5 heteroatoms. The van der Waals surface area contributed by atoms with Gasteiger partial charge in [-0.1, -0.05) is 0 Å². The van der Waals surface area contributed by atoms with E-state index in [4.69, 9.17) is 10.5 Å². The maximum atomic E-state index is 11.6. The Labute approximate surface area is 110 Å². The molecule has 2 unspecified atom stereocenters. The van der Waals surface area contributed by atoms with Gasteiger partial charge in [0, 0.05) is 32.8 Å². The van der Waals surface area contributed by atoms with Crippen molar-refractivity contribution in [2.24, 2.45) is 5.73 Å². The van der Waals surface area contributed by atoms with Crippen LogP contribution in [0.4, 0.5) is 0 Å². The van der Waals surface area contributed by atoms with E-state index in [1.807, 2.05) is 20.8 Å². The van der Waals surface area contributed by atoms with Crippen LogP contribution in [0.3, 0.4) is 0 Å². The van der Waals surface area contributed by atoms with Crippen molar-refractivity contribution >= 4 is 5.91 Å². The Morgan fingerprint density at radius 1 is 1.61 bits per heavy atom. The van der Waals surface area contributed by atoms with Gasteiger partial charge in [-0.05, 0) is 33.6 Å². The van der Waals surface area contributed by atoms with E-state index in [2.05, 4.69) is 10.2 Å². The van der Waals surface area contributed by atoms with Crippen LogP contribution in [-0.4, -0.2) is 55.2 Å². The molecule has 0 aromatic heterocycles. The number of methoxy groups -OCH3 is 1. The van der Waals surface area contributed by atoms with Gasteiger partial charge in [-0.3, -0.25) is 4.79 Å². The van der Waals surface area contributed by atoms with E-state index in [9.17, 15) is 4.79 Å². The lowest BCUT2D eigenvalue weighted by Crippen LogP contribution is -2.56. The van der Waals surface area contributed by atoms with Crippen LogP contribution in [0.5, 0.6) is 0 Å². The largest absolute Gasteiger partial charge is 0.380 e. The summed E-state index contributed by atoms with van der Waals surface area (Å²) < 4.78 is 5.34. The van der Waals surface area contributed by atoms with E-state index in [1.165, 1.54) is 0 Å². The zero-order valence-corrected chi connectivity index (χ0v) is 12.0. The second kappa shape index (κ2) is 6.50. The topological polar surface area (TPSA) is 67.6 Å². The molecule has 0 saturated carbocycles. The number of rotatable bonds is 7. The minimum Gasteiger partial charge on any atom is -0.380 e. The van der Waals surface area contributed by atoms with Crippen molar-refractivity contribution < 1.29 is 9.53 Å². The monoisotopic (exact) mass is 257 g/mol. The number of nitrogens with one attached hydrogen (secondary N) is 1.